The van der Waals surface area contributed by atoms with E-state index in [-0.39, 0.29) is 6.04 Å². The molecule has 0 saturated heterocycles. The highest BCUT2D eigenvalue weighted by atomic mass is 16.5. The number of ether oxygens (including phenoxy) is 1. The zero-order chi connectivity index (χ0) is 13.0. The lowest BCUT2D eigenvalue weighted by Crippen LogP contribution is -2.12. The predicted molar refractivity (Wildman–Crippen MR) is 77.0 cm³/mol. The van der Waals surface area contributed by atoms with Crippen LogP contribution in [0.1, 0.15) is 38.3 Å². The molecule has 1 atom stereocenters. The molecule has 2 nitrogen and oxygen atoms in total. The largest absolute Gasteiger partial charge is 0.494 e. The molecule has 0 aliphatic heterocycles. The quantitative estimate of drug-likeness (QED) is 0.860. The Morgan fingerprint density at radius 3 is 2.61 bits per heavy atom. The first-order valence-electron chi connectivity index (χ1n) is 6.68. The van der Waals surface area contributed by atoms with Crippen LogP contribution in [0.15, 0.2) is 36.4 Å². The second kappa shape index (κ2) is 5.87. The standard InChI is InChI=1S/C16H21NO/c1-3-7-14(17)16-13-9-6-5-8-12(13)10-11-15(16)18-4-2/h5-6,8-11,14H,3-4,7,17H2,1-2H3/t14-/m1/s1. The lowest BCUT2D eigenvalue weighted by atomic mass is 9.95. The predicted octanol–water partition coefficient (Wildman–Crippen LogP) is 4.04. The summed E-state index contributed by atoms with van der Waals surface area (Å²) in [6, 6.07) is 12.5. The lowest BCUT2D eigenvalue weighted by Gasteiger charge is -2.18. The molecule has 2 aromatic carbocycles. The van der Waals surface area contributed by atoms with Gasteiger partial charge in [-0.2, -0.15) is 0 Å². The average molecular weight is 243 g/mol. The number of hydrogen-bond acceptors (Lipinski definition) is 2. The van der Waals surface area contributed by atoms with Crippen LogP contribution in [-0.4, -0.2) is 6.61 Å². The van der Waals surface area contributed by atoms with Crippen LogP contribution in [0.3, 0.4) is 0 Å². The molecular weight excluding hydrogens is 222 g/mol. The van der Waals surface area contributed by atoms with Gasteiger partial charge in [0.1, 0.15) is 5.75 Å². The molecule has 0 bridgehead atoms. The Labute approximate surface area is 109 Å². The van der Waals surface area contributed by atoms with Gasteiger partial charge in [0.15, 0.2) is 0 Å². The van der Waals surface area contributed by atoms with Gasteiger partial charge in [0.05, 0.1) is 6.61 Å². The van der Waals surface area contributed by atoms with Gasteiger partial charge >= 0.3 is 0 Å². The van der Waals surface area contributed by atoms with Crippen LogP contribution in [-0.2, 0) is 0 Å². The smallest absolute Gasteiger partial charge is 0.124 e. The van der Waals surface area contributed by atoms with E-state index in [9.17, 15) is 0 Å². The lowest BCUT2D eigenvalue weighted by molar-refractivity contribution is 0.334. The van der Waals surface area contributed by atoms with E-state index in [2.05, 4.69) is 37.3 Å². The number of nitrogens with two attached hydrogens (primary N) is 1. The van der Waals surface area contributed by atoms with Crippen molar-refractivity contribution in [2.24, 2.45) is 5.73 Å². The van der Waals surface area contributed by atoms with Crippen molar-refractivity contribution in [3.63, 3.8) is 0 Å². The molecule has 2 N–H and O–H groups in total. The molecule has 0 aliphatic rings. The topological polar surface area (TPSA) is 35.2 Å². The van der Waals surface area contributed by atoms with Crippen LogP contribution in [0, 0.1) is 0 Å². The fourth-order valence-corrected chi connectivity index (χ4v) is 2.39. The zero-order valence-electron chi connectivity index (χ0n) is 11.1. The van der Waals surface area contributed by atoms with Crippen LogP contribution in [0.25, 0.3) is 10.8 Å². The van der Waals surface area contributed by atoms with Crippen molar-refractivity contribution in [1.82, 2.24) is 0 Å². The fourth-order valence-electron chi connectivity index (χ4n) is 2.39. The Morgan fingerprint density at radius 1 is 1.11 bits per heavy atom. The third-order valence-corrected chi connectivity index (χ3v) is 3.20. The summed E-state index contributed by atoms with van der Waals surface area (Å²) in [5.74, 6) is 0.928. The van der Waals surface area contributed by atoms with Crippen molar-refractivity contribution in [1.29, 1.82) is 0 Å². The molecule has 2 heteroatoms. The van der Waals surface area contributed by atoms with Gasteiger partial charge in [-0.05, 0) is 30.2 Å². The van der Waals surface area contributed by atoms with E-state index in [1.807, 2.05) is 13.0 Å². The van der Waals surface area contributed by atoms with Gasteiger partial charge in [-0.15, -0.1) is 0 Å². The summed E-state index contributed by atoms with van der Waals surface area (Å²) in [4.78, 5) is 0. The first kappa shape index (κ1) is 12.9. The van der Waals surface area contributed by atoms with Gasteiger partial charge in [-0.25, -0.2) is 0 Å². The number of fused-ring (bicyclic) bond motifs is 1. The molecule has 0 fully saturated rings. The van der Waals surface area contributed by atoms with Crippen molar-refractivity contribution < 1.29 is 4.74 Å². The molecule has 0 aliphatic carbocycles. The Kier molecular flexibility index (Phi) is 4.21. The number of hydrogen-bond donors (Lipinski definition) is 1. The van der Waals surface area contributed by atoms with E-state index in [0.717, 1.165) is 24.2 Å². The van der Waals surface area contributed by atoms with Crippen molar-refractivity contribution in [2.45, 2.75) is 32.7 Å². The summed E-state index contributed by atoms with van der Waals surface area (Å²) in [7, 11) is 0. The van der Waals surface area contributed by atoms with Crippen LogP contribution in [0.5, 0.6) is 5.75 Å². The minimum absolute atomic E-state index is 0.0441. The van der Waals surface area contributed by atoms with Crippen molar-refractivity contribution in [2.75, 3.05) is 6.61 Å². The van der Waals surface area contributed by atoms with Gasteiger partial charge in [-0.3, -0.25) is 0 Å². The monoisotopic (exact) mass is 243 g/mol. The van der Waals surface area contributed by atoms with Crippen LogP contribution < -0.4 is 10.5 Å². The summed E-state index contributed by atoms with van der Waals surface area (Å²) in [6.07, 6.45) is 2.06. The molecular formula is C16H21NO. The molecule has 0 saturated carbocycles. The molecule has 0 spiro atoms. The van der Waals surface area contributed by atoms with E-state index in [1.54, 1.807) is 0 Å². The van der Waals surface area contributed by atoms with Gasteiger partial charge in [0.25, 0.3) is 0 Å². The molecule has 96 valence electrons. The van der Waals surface area contributed by atoms with Crippen LogP contribution >= 0.6 is 0 Å². The fraction of sp³-hybridized carbons (Fsp3) is 0.375. The molecule has 0 radical (unpaired) electrons. The molecule has 18 heavy (non-hydrogen) atoms. The second-order valence-electron chi connectivity index (χ2n) is 4.53. The van der Waals surface area contributed by atoms with Gasteiger partial charge in [0.2, 0.25) is 0 Å². The SMILES string of the molecule is CCC[C@@H](N)c1c(OCC)ccc2ccccc12. The van der Waals surface area contributed by atoms with E-state index < -0.39 is 0 Å². The summed E-state index contributed by atoms with van der Waals surface area (Å²) < 4.78 is 5.73. The molecule has 2 aromatic rings. The Balaban J connectivity index is 2.58. The van der Waals surface area contributed by atoms with E-state index >= 15 is 0 Å². The van der Waals surface area contributed by atoms with Gasteiger partial charge < -0.3 is 10.5 Å². The van der Waals surface area contributed by atoms with Crippen molar-refractivity contribution in [3.05, 3.63) is 42.0 Å². The number of rotatable bonds is 5. The highest BCUT2D eigenvalue weighted by Gasteiger charge is 2.15. The van der Waals surface area contributed by atoms with E-state index in [4.69, 9.17) is 10.5 Å². The first-order valence-corrected chi connectivity index (χ1v) is 6.68. The van der Waals surface area contributed by atoms with Crippen molar-refractivity contribution >= 4 is 10.8 Å². The van der Waals surface area contributed by atoms with Gasteiger partial charge in [0, 0.05) is 11.6 Å². The molecule has 0 aromatic heterocycles. The van der Waals surface area contributed by atoms with E-state index in [1.165, 1.54) is 10.8 Å². The van der Waals surface area contributed by atoms with Gasteiger partial charge in [-0.1, -0.05) is 43.7 Å². The average Bonchev–Trinajstić information content (AvgIpc) is 2.39. The van der Waals surface area contributed by atoms with E-state index in [0.29, 0.717) is 6.61 Å². The minimum atomic E-state index is 0.0441. The first-order chi connectivity index (χ1) is 8.77. The van der Waals surface area contributed by atoms with Crippen LogP contribution in [0.2, 0.25) is 0 Å². The summed E-state index contributed by atoms with van der Waals surface area (Å²) >= 11 is 0. The molecule has 0 amide bonds. The summed E-state index contributed by atoms with van der Waals surface area (Å²) in [5, 5.41) is 2.44. The summed E-state index contributed by atoms with van der Waals surface area (Å²) in [6.45, 7) is 4.83. The van der Waals surface area contributed by atoms with Crippen molar-refractivity contribution in [3.8, 4) is 5.75 Å². The summed E-state index contributed by atoms with van der Waals surface area (Å²) in [5.41, 5.74) is 7.47. The Bertz CT molecular complexity index is 521. The Morgan fingerprint density at radius 2 is 1.89 bits per heavy atom. The second-order valence-corrected chi connectivity index (χ2v) is 4.53. The number of benzene rings is 2. The maximum absolute atomic E-state index is 6.32. The maximum Gasteiger partial charge on any atom is 0.124 e. The molecule has 0 unspecified atom stereocenters. The van der Waals surface area contributed by atoms with Crippen LogP contribution in [0.4, 0.5) is 0 Å². The normalized spacial score (nSPS) is 12.6. The zero-order valence-corrected chi connectivity index (χ0v) is 11.1. The minimum Gasteiger partial charge on any atom is -0.494 e. The molecule has 0 heterocycles. The third kappa shape index (κ3) is 2.49. The maximum atomic E-state index is 6.32. The molecule has 2 rings (SSSR count). The highest BCUT2D eigenvalue weighted by Crippen LogP contribution is 2.33. The Hall–Kier alpha value is -1.54. The third-order valence-electron chi connectivity index (χ3n) is 3.20. The highest BCUT2D eigenvalue weighted by molar-refractivity contribution is 5.88.